The summed E-state index contributed by atoms with van der Waals surface area (Å²) in [5.74, 6) is -2.65. The first-order chi connectivity index (χ1) is 15.8. The summed E-state index contributed by atoms with van der Waals surface area (Å²) in [6.07, 6.45) is 0. The second-order valence-corrected chi connectivity index (χ2v) is 10.2. The largest absolute Gasteiger partial charge is 0.462 e. The average Bonchev–Trinajstić information content (AvgIpc) is 3.03. The minimum Gasteiger partial charge on any atom is -0.462 e. The lowest BCUT2D eigenvalue weighted by atomic mass is 10.1. The summed E-state index contributed by atoms with van der Waals surface area (Å²) in [6.45, 7) is 7.58. The van der Waals surface area contributed by atoms with Crippen LogP contribution in [-0.2, 0) is 24.3 Å². The summed E-state index contributed by atoms with van der Waals surface area (Å²) < 4.78 is 38.1. The average molecular weight is 533 g/mol. The first kappa shape index (κ1) is 27.8. The topological polar surface area (TPSA) is 132 Å². The molecule has 0 aliphatic heterocycles. The predicted molar refractivity (Wildman–Crippen MR) is 127 cm³/mol. The molecular weight excluding hydrogens is 507 g/mol. The quantitative estimate of drug-likeness (QED) is 0.350. The highest BCUT2D eigenvalue weighted by Crippen LogP contribution is 2.29. The van der Waals surface area contributed by atoms with Crippen LogP contribution < -0.4 is 4.72 Å². The SMILES string of the molecule is CCOC(=O)c1c(C)[nH]c(C(=O)COC(=O)[C@@H](NS(=O)(=O)c2c(Cl)cccc2Cl)C(C)C)c1C. The number of aromatic amines is 1. The van der Waals surface area contributed by atoms with Crippen molar-refractivity contribution in [2.24, 2.45) is 5.92 Å². The second kappa shape index (κ2) is 11.4. The van der Waals surface area contributed by atoms with Gasteiger partial charge in [0, 0.05) is 5.69 Å². The van der Waals surface area contributed by atoms with E-state index in [9.17, 15) is 22.8 Å². The molecule has 0 fully saturated rings. The van der Waals surface area contributed by atoms with Crippen molar-refractivity contribution in [3.05, 3.63) is 50.8 Å². The highest BCUT2D eigenvalue weighted by atomic mass is 35.5. The van der Waals surface area contributed by atoms with Crippen LogP contribution in [0.25, 0.3) is 0 Å². The number of sulfonamides is 1. The van der Waals surface area contributed by atoms with Crippen molar-refractivity contribution in [2.75, 3.05) is 13.2 Å². The van der Waals surface area contributed by atoms with Crippen LogP contribution in [0.5, 0.6) is 0 Å². The van der Waals surface area contributed by atoms with Crippen molar-refractivity contribution in [1.29, 1.82) is 0 Å². The number of hydrogen-bond donors (Lipinski definition) is 2. The van der Waals surface area contributed by atoms with Crippen LogP contribution in [0.15, 0.2) is 23.1 Å². The molecule has 34 heavy (non-hydrogen) atoms. The molecule has 1 atom stereocenters. The van der Waals surface area contributed by atoms with Gasteiger partial charge >= 0.3 is 11.9 Å². The van der Waals surface area contributed by atoms with Gasteiger partial charge < -0.3 is 14.5 Å². The molecule has 2 aromatic rings. The van der Waals surface area contributed by atoms with Gasteiger partial charge in [-0.2, -0.15) is 4.72 Å². The molecule has 2 rings (SSSR count). The number of nitrogens with one attached hydrogen (secondary N) is 2. The third-order valence-corrected chi connectivity index (χ3v) is 7.33. The molecule has 0 radical (unpaired) electrons. The molecule has 0 unspecified atom stereocenters. The fourth-order valence-corrected chi connectivity index (χ4v) is 5.74. The van der Waals surface area contributed by atoms with Crippen LogP contribution in [0.1, 0.15) is 52.9 Å². The fraction of sp³-hybridized carbons (Fsp3) is 0.409. The van der Waals surface area contributed by atoms with Crippen LogP contribution in [0.2, 0.25) is 10.0 Å². The van der Waals surface area contributed by atoms with Crippen LogP contribution in [0.4, 0.5) is 0 Å². The lowest BCUT2D eigenvalue weighted by molar-refractivity contribution is -0.145. The van der Waals surface area contributed by atoms with Crippen molar-refractivity contribution in [3.8, 4) is 0 Å². The minimum absolute atomic E-state index is 0.0953. The van der Waals surface area contributed by atoms with Crippen LogP contribution in [-0.4, -0.2) is 50.4 Å². The summed E-state index contributed by atoms with van der Waals surface area (Å²) >= 11 is 12.0. The lowest BCUT2D eigenvalue weighted by Crippen LogP contribution is -2.45. The molecule has 1 aromatic heterocycles. The Hall–Kier alpha value is -2.40. The van der Waals surface area contributed by atoms with E-state index < -0.39 is 46.3 Å². The van der Waals surface area contributed by atoms with Crippen molar-refractivity contribution in [1.82, 2.24) is 9.71 Å². The van der Waals surface area contributed by atoms with Crippen molar-refractivity contribution in [2.45, 2.75) is 45.6 Å². The maximum atomic E-state index is 12.9. The van der Waals surface area contributed by atoms with Crippen molar-refractivity contribution < 1.29 is 32.3 Å². The molecule has 12 heteroatoms. The summed E-state index contributed by atoms with van der Waals surface area (Å²) in [4.78, 5) is 39.9. The van der Waals surface area contributed by atoms with Crippen LogP contribution >= 0.6 is 23.2 Å². The van der Waals surface area contributed by atoms with E-state index in [1.54, 1.807) is 34.6 Å². The second-order valence-electron chi connectivity index (χ2n) is 7.77. The van der Waals surface area contributed by atoms with Gasteiger partial charge in [-0.3, -0.25) is 9.59 Å². The molecule has 0 aliphatic rings. The third-order valence-electron chi connectivity index (χ3n) is 4.93. The number of aromatic nitrogens is 1. The maximum absolute atomic E-state index is 12.9. The molecule has 0 saturated carbocycles. The van der Waals surface area contributed by atoms with E-state index in [4.69, 9.17) is 32.7 Å². The fourth-order valence-electron chi connectivity index (χ4n) is 3.26. The van der Waals surface area contributed by atoms with Gasteiger partial charge in [0.25, 0.3) is 0 Å². The van der Waals surface area contributed by atoms with Gasteiger partial charge in [-0.1, -0.05) is 43.1 Å². The van der Waals surface area contributed by atoms with Crippen molar-refractivity contribution in [3.63, 3.8) is 0 Å². The molecule has 2 N–H and O–H groups in total. The summed E-state index contributed by atoms with van der Waals surface area (Å²) in [5, 5.41) is -0.220. The van der Waals surface area contributed by atoms with E-state index in [0.29, 0.717) is 11.3 Å². The molecule has 186 valence electrons. The van der Waals surface area contributed by atoms with Gasteiger partial charge in [0.05, 0.1) is 27.9 Å². The standard InChI is InChI=1S/C22H26Cl2N2O7S/c1-6-32-21(28)17-12(4)19(25-13(17)5)16(27)10-33-22(29)18(11(2)3)26-34(30,31)20-14(23)8-7-9-15(20)24/h7-9,11,18,25-26H,6,10H2,1-5H3/t18-/m0/s1. The Morgan fingerprint density at radius 2 is 1.68 bits per heavy atom. The highest BCUT2D eigenvalue weighted by Gasteiger charge is 2.33. The molecule has 0 amide bonds. The molecular formula is C22H26Cl2N2O7S. The first-order valence-corrected chi connectivity index (χ1v) is 12.6. The maximum Gasteiger partial charge on any atom is 0.340 e. The highest BCUT2D eigenvalue weighted by molar-refractivity contribution is 7.89. The van der Waals surface area contributed by atoms with E-state index >= 15 is 0 Å². The minimum atomic E-state index is -4.28. The Morgan fingerprint density at radius 3 is 2.21 bits per heavy atom. The number of hydrogen-bond acceptors (Lipinski definition) is 7. The van der Waals surface area contributed by atoms with Crippen LogP contribution in [0.3, 0.4) is 0 Å². The molecule has 0 bridgehead atoms. The van der Waals surface area contributed by atoms with Gasteiger partial charge in [-0.15, -0.1) is 0 Å². The third kappa shape index (κ3) is 6.18. The van der Waals surface area contributed by atoms with Crippen molar-refractivity contribution >= 4 is 50.9 Å². The number of Topliss-reactive ketones (excluding diaryl/α,β-unsaturated/α-hetero) is 1. The van der Waals surface area contributed by atoms with E-state index in [1.165, 1.54) is 18.2 Å². The number of carbonyl (C=O) groups is 3. The molecule has 0 spiro atoms. The smallest absolute Gasteiger partial charge is 0.340 e. The molecule has 0 aliphatic carbocycles. The summed E-state index contributed by atoms with van der Waals surface area (Å²) in [6, 6.07) is 2.89. The number of ketones is 1. The Kier molecular flexibility index (Phi) is 9.29. The molecule has 0 saturated heterocycles. The van der Waals surface area contributed by atoms with Gasteiger partial charge in [0.15, 0.2) is 6.61 Å². The number of ether oxygens (including phenoxy) is 2. The number of esters is 2. The Labute approximate surface area is 208 Å². The zero-order valence-corrected chi connectivity index (χ0v) is 21.7. The molecule has 1 aromatic carbocycles. The number of benzene rings is 1. The summed E-state index contributed by atoms with van der Waals surface area (Å²) in [7, 11) is -4.28. The lowest BCUT2D eigenvalue weighted by Gasteiger charge is -2.21. The Bertz CT molecular complexity index is 1190. The van der Waals surface area contributed by atoms with E-state index in [-0.39, 0.29) is 32.8 Å². The Balaban J connectivity index is 2.18. The summed E-state index contributed by atoms with van der Waals surface area (Å²) in [5.41, 5.74) is 1.14. The number of rotatable bonds is 10. The normalized spacial score (nSPS) is 12.5. The zero-order valence-electron chi connectivity index (χ0n) is 19.3. The van der Waals surface area contributed by atoms with Gasteiger partial charge in [-0.05, 0) is 44.4 Å². The number of aryl methyl sites for hydroxylation is 1. The van der Waals surface area contributed by atoms with Gasteiger partial charge in [0.2, 0.25) is 15.8 Å². The van der Waals surface area contributed by atoms with Crippen LogP contribution in [0, 0.1) is 19.8 Å². The molecule has 9 nitrogen and oxygen atoms in total. The monoisotopic (exact) mass is 532 g/mol. The molecule has 1 heterocycles. The van der Waals surface area contributed by atoms with E-state index in [2.05, 4.69) is 9.71 Å². The number of halogens is 2. The number of H-pyrrole nitrogens is 1. The Morgan fingerprint density at radius 1 is 1.09 bits per heavy atom. The first-order valence-electron chi connectivity index (χ1n) is 10.3. The van der Waals surface area contributed by atoms with E-state index in [1.807, 2.05) is 0 Å². The van der Waals surface area contributed by atoms with E-state index in [0.717, 1.165) is 0 Å². The van der Waals surface area contributed by atoms with Gasteiger partial charge in [0.1, 0.15) is 10.9 Å². The number of carbonyl (C=O) groups excluding carboxylic acids is 3. The zero-order chi connectivity index (χ0) is 25.8. The van der Waals surface area contributed by atoms with Gasteiger partial charge in [-0.25, -0.2) is 13.2 Å². The predicted octanol–water partition coefficient (Wildman–Crippen LogP) is 3.84.